The first-order chi connectivity index (χ1) is 9.66. The summed E-state index contributed by atoms with van der Waals surface area (Å²) in [5.41, 5.74) is 0. The van der Waals surface area contributed by atoms with E-state index >= 15 is 0 Å². The maximum absolute atomic E-state index is 8.58. The number of hydrogen-bond acceptors (Lipinski definition) is 14. The Kier molecular flexibility index (Phi) is 787. The van der Waals surface area contributed by atoms with Gasteiger partial charge >= 0.3 is 69.2 Å². The van der Waals surface area contributed by atoms with Crippen molar-refractivity contribution in [2.24, 2.45) is 0 Å². The molecule has 0 aliphatic rings. The molecule has 0 radical (unpaired) electrons. The van der Waals surface area contributed by atoms with Gasteiger partial charge in [-0.05, 0) is 12.9 Å². The maximum atomic E-state index is 8.58. The van der Waals surface area contributed by atoms with Gasteiger partial charge in [0.25, 0.3) is 0 Å². The summed E-state index contributed by atoms with van der Waals surface area (Å²) in [6.45, 7) is 1.47. The van der Waals surface area contributed by atoms with Crippen molar-refractivity contribution in [3.8, 4) is 0 Å². The molecular weight excluding hydrogens is 963 g/mol. The Bertz CT molecular complexity index is 199. The molecule has 0 spiro atoms. The van der Waals surface area contributed by atoms with Crippen molar-refractivity contribution in [3.63, 3.8) is 0 Å². The zero-order valence-corrected chi connectivity index (χ0v) is 36.8. The molecule has 15 nitrogen and oxygen atoms in total. The van der Waals surface area contributed by atoms with Crippen LogP contribution in [0.25, 0.3) is 0 Å². The van der Waals surface area contributed by atoms with E-state index in [1.54, 1.807) is 0 Å². The molecule has 0 rings (SSSR count). The first kappa shape index (κ1) is 80.6. The average Bonchev–Trinajstić information content (AvgIpc) is 2.54. The second kappa shape index (κ2) is 244. The predicted molar refractivity (Wildman–Crippen MR) is 42.7 cm³/mol. The zero-order chi connectivity index (χ0) is 18.2. The minimum atomic E-state index is -0.1000. The van der Waals surface area contributed by atoms with E-state index in [0.29, 0.717) is 0 Å². The molecule has 25 heavy (non-hydrogen) atoms. The standard InChI is InChI=1S/2CHO3.2CO2.6Cd.O2.H2O.2O.H2/c2*2-1-4-3;2*2-1-3;;;;;;;1-2;;;;/h2*3H;;;;;;;;;;1H2;;;1H/q2*-1;;;;;;;;;;;;;. The van der Waals surface area contributed by atoms with Gasteiger partial charge in [0.05, 0.1) is 0 Å². The van der Waals surface area contributed by atoms with E-state index < -0.39 is 0 Å². The van der Waals surface area contributed by atoms with E-state index in [1.807, 2.05) is 0 Å². The second-order valence-corrected chi connectivity index (χ2v) is 0.516. The van der Waals surface area contributed by atoms with Crippen molar-refractivity contribution in [1.29, 1.82) is 0 Å². The van der Waals surface area contributed by atoms with Crippen molar-refractivity contribution in [3.05, 3.63) is 9.93 Å². The summed E-state index contributed by atoms with van der Waals surface area (Å²) in [4.78, 5) is 69.1. The fraction of sp³-hybridized carbons (Fsp3) is 0. The van der Waals surface area contributed by atoms with Crippen molar-refractivity contribution < 1.29 is 222 Å². The van der Waals surface area contributed by atoms with E-state index in [4.69, 9.17) is 54.6 Å². The molecule has 0 fully saturated rings. The van der Waals surface area contributed by atoms with Crippen LogP contribution < -0.4 is 0 Å². The Morgan fingerprint density at radius 1 is 0.680 bits per heavy atom. The van der Waals surface area contributed by atoms with Crippen molar-refractivity contribution in [1.82, 2.24) is 0 Å². The van der Waals surface area contributed by atoms with E-state index in [2.05, 4.69) is 9.78 Å². The molecule has 0 bridgehead atoms. The normalized spacial score (nSPS) is 2.96. The second-order valence-electron chi connectivity index (χ2n) is 0.516. The predicted octanol–water partition coefficient (Wildman–Crippen LogP) is -2.84. The third-order valence-corrected chi connectivity index (χ3v) is 0.0745. The Balaban J connectivity index is -0.00000000676. The van der Waals surface area contributed by atoms with Gasteiger partial charge in [-0.15, -0.1) is 0 Å². The molecule has 0 aliphatic carbocycles. The Morgan fingerprint density at radius 2 is 0.720 bits per heavy atom. The Labute approximate surface area is 252 Å². The van der Waals surface area contributed by atoms with Gasteiger partial charge in [0.1, 0.15) is 0 Å². The van der Waals surface area contributed by atoms with Crippen molar-refractivity contribution >= 4 is 25.2 Å². The van der Waals surface area contributed by atoms with Gasteiger partial charge in [-0.3, -0.25) is 0 Å². The van der Waals surface area contributed by atoms with Crippen LogP contribution in [0, 0.1) is 9.93 Å². The summed E-state index contributed by atoms with van der Waals surface area (Å²) >= 11 is -0.200. The SMILES string of the molecule is O.O=C=O.O=C=O.O=O.O=[C-]OO.O=[C-]OO.[Cd].[Cd].[Cd].[Cd].[HH].[O]=[Cd].[O]=[Cd]. The van der Waals surface area contributed by atoms with Gasteiger partial charge in [-0.25, -0.2) is 10.5 Å². The van der Waals surface area contributed by atoms with E-state index in [-0.39, 0.29) is 180 Å². The summed E-state index contributed by atoms with van der Waals surface area (Å²) in [5.74, 6) is 0. The third-order valence-electron chi connectivity index (χ3n) is 0.0745. The summed E-state index contributed by atoms with van der Waals surface area (Å²) < 4.78 is 16.8. The van der Waals surface area contributed by atoms with Gasteiger partial charge in [0.2, 0.25) is 0 Å². The Morgan fingerprint density at radius 3 is 0.720 bits per heavy atom. The minimum absolute atomic E-state index is 0. The molecular formula is C4H6Cd6O15-2. The average molecular weight is 969 g/mol. The molecule has 0 saturated carbocycles. The topological polar surface area (TPSA) is 261 Å². The summed E-state index contributed by atoms with van der Waals surface area (Å²) in [5, 5.41) is 13.9. The van der Waals surface area contributed by atoms with E-state index in [0.717, 1.165) is 12.9 Å². The molecule has 0 heterocycles. The molecule has 0 aliphatic heterocycles. The first-order valence-corrected chi connectivity index (χ1v) is 6.04. The Hall–Kier alpha value is 2.31. The molecule has 0 amide bonds. The van der Waals surface area contributed by atoms with Gasteiger partial charge < -0.3 is 24.8 Å². The molecule has 0 aromatic heterocycles. The molecule has 0 aromatic rings. The fourth-order valence-corrected chi connectivity index (χ4v) is 0. The molecule has 0 unspecified atom stereocenters. The molecule has 0 atom stereocenters. The third kappa shape index (κ3) is 836. The van der Waals surface area contributed by atoms with Crippen LogP contribution >= 0.6 is 0 Å². The molecule has 126 valence electrons. The van der Waals surface area contributed by atoms with Crippen LogP contribution in [-0.4, -0.2) is 41.2 Å². The van der Waals surface area contributed by atoms with Gasteiger partial charge in [-0.1, -0.05) is 0 Å². The van der Waals surface area contributed by atoms with Gasteiger partial charge in [0.15, 0.2) is 0 Å². The molecule has 0 aromatic carbocycles. The number of hydrogen-bond donors (Lipinski definition) is 2. The monoisotopic (exact) mass is 977 g/mol. The van der Waals surface area contributed by atoms with Crippen LogP contribution in [0.5, 0.6) is 0 Å². The van der Waals surface area contributed by atoms with E-state index in [1.165, 1.54) is 0 Å². The van der Waals surface area contributed by atoms with Crippen LogP contribution in [0.1, 0.15) is 1.43 Å². The molecule has 0 saturated heterocycles. The number of rotatable bonds is 2. The zero-order valence-electron chi connectivity index (χ0n) is 12.5. The molecule has 4 N–H and O–H groups in total. The first-order valence-electron chi connectivity index (χ1n) is 2.74. The summed E-state index contributed by atoms with van der Waals surface area (Å²) in [7, 11) is 0. The molecule has 21 heteroatoms. The fourth-order valence-electron chi connectivity index (χ4n) is 0. The summed E-state index contributed by atoms with van der Waals surface area (Å²) in [6.07, 6.45) is 0.500. The van der Waals surface area contributed by atoms with Gasteiger partial charge in [0, 0.05) is 121 Å². The van der Waals surface area contributed by atoms with Crippen molar-refractivity contribution in [2.75, 3.05) is 0 Å². The van der Waals surface area contributed by atoms with Crippen LogP contribution in [0.4, 0.5) is 0 Å². The van der Waals surface area contributed by atoms with Crippen LogP contribution in [-0.2, 0) is 205 Å². The quantitative estimate of drug-likeness (QED) is 0.122. The van der Waals surface area contributed by atoms with E-state index in [9.17, 15) is 0 Å². The van der Waals surface area contributed by atoms with Crippen LogP contribution in [0.3, 0.4) is 0 Å². The summed E-state index contributed by atoms with van der Waals surface area (Å²) in [6, 6.07) is 0. The number of carbonyl (C=O) groups excluding carboxylic acids is 6. The van der Waals surface area contributed by atoms with Crippen LogP contribution in [0.2, 0.25) is 0 Å². The van der Waals surface area contributed by atoms with Crippen molar-refractivity contribution in [2.45, 2.75) is 0 Å². The van der Waals surface area contributed by atoms with Crippen LogP contribution in [0.15, 0.2) is 0 Å². The van der Waals surface area contributed by atoms with Gasteiger partial charge in [-0.2, -0.15) is 19.2 Å².